The molecule has 3 rings (SSSR count). The lowest BCUT2D eigenvalue weighted by molar-refractivity contribution is -0.115. The molecule has 2 aromatic carbocycles. The third-order valence-electron chi connectivity index (χ3n) is 4.57. The van der Waals surface area contributed by atoms with Crippen molar-refractivity contribution in [1.29, 1.82) is 0 Å². The van der Waals surface area contributed by atoms with Crippen LogP contribution in [0.4, 0.5) is 5.00 Å². The molecule has 0 saturated carbocycles. The summed E-state index contributed by atoms with van der Waals surface area (Å²) in [7, 11) is -3.36. The molecule has 0 aliphatic carbocycles. The van der Waals surface area contributed by atoms with Crippen LogP contribution in [0.1, 0.15) is 36.7 Å². The van der Waals surface area contributed by atoms with Crippen LogP contribution in [0.25, 0.3) is 10.1 Å². The second kappa shape index (κ2) is 8.97. The highest BCUT2D eigenvalue weighted by atomic mass is 32.2. The molecule has 1 amide bonds. The first-order chi connectivity index (χ1) is 14.2. The van der Waals surface area contributed by atoms with Gasteiger partial charge in [0.15, 0.2) is 9.84 Å². The van der Waals surface area contributed by atoms with Crippen LogP contribution in [0.15, 0.2) is 53.4 Å². The van der Waals surface area contributed by atoms with Crippen LogP contribution in [0, 0.1) is 0 Å². The first-order valence-corrected chi connectivity index (χ1v) is 11.9. The fraction of sp³-hybridized carbons (Fsp3) is 0.273. The molecule has 0 atom stereocenters. The number of hydrogen-bond acceptors (Lipinski definition) is 6. The lowest BCUT2D eigenvalue weighted by Gasteiger charge is -2.09. The van der Waals surface area contributed by atoms with Gasteiger partial charge in [-0.25, -0.2) is 13.2 Å². The maximum Gasteiger partial charge on any atom is 0.341 e. The van der Waals surface area contributed by atoms with Crippen LogP contribution >= 0.6 is 11.3 Å². The lowest BCUT2D eigenvalue weighted by Crippen LogP contribution is -2.17. The molecular weight excluding hydrogens is 422 g/mol. The standard InChI is InChI=1S/C22H23NO5S2/c1-4-28-22(25)20-17-7-5-6-8-18(17)29-21(20)23-19(24)13-15-9-11-16(12-10-15)30(26,27)14(2)3/h5-12,14H,4,13H2,1-3H3,(H,23,24). The van der Waals surface area contributed by atoms with Gasteiger partial charge in [-0.2, -0.15) is 0 Å². The molecule has 6 nitrogen and oxygen atoms in total. The van der Waals surface area contributed by atoms with Gasteiger partial charge in [-0.05, 0) is 44.5 Å². The topological polar surface area (TPSA) is 89.5 Å². The van der Waals surface area contributed by atoms with E-state index in [2.05, 4.69) is 5.32 Å². The van der Waals surface area contributed by atoms with E-state index in [9.17, 15) is 18.0 Å². The highest BCUT2D eigenvalue weighted by Crippen LogP contribution is 2.36. The number of rotatable bonds is 7. The first kappa shape index (κ1) is 22.0. The average Bonchev–Trinajstić information content (AvgIpc) is 3.06. The van der Waals surface area contributed by atoms with Gasteiger partial charge in [0, 0.05) is 10.1 Å². The molecule has 3 aromatic rings. The summed E-state index contributed by atoms with van der Waals surface area (Å²) in [5, 5.41) is 3.48. The molecule has 0 unspecified atom stereocenters. The maximum absolute atomic E-state index is 12.6. The fourth-order valence-electron chi connectivity index (χ4n) is 2.96. The number of esters is 1. The highest BCUT2D eigenvalue weighted by Gasteiger charge is 2.22. The van der Waals surface area contributed by atoms with Gasteiger partial charge in [0.25, 0.3) is 0 Å². The summed E-state index contributed by atoms with van der Waals surface area (Å²) in [6, 6.07) is 13.7. The summed E-state index contributed by atoms with van der Waals surface area (Å²) in [6.45, 7) is 5.22. The normalized spacial score (nSPS) is 11.6. The van der Waals surface area contributed by atoms with Crippen LogP contribution in [0.5, 0.6) is 0 Å². The van der Waals surface area contributed by atoms with Gasteiger partial charge in [-0.1, -0.05) is 30.3 Å². The molecule has 0 aliphatic rings. The van der Waals surface area contributed by atoms with Gasteiger partial charge in [0.05, 0.1) is 23.2 Å². The van der Waals surface area contributed by atoms with E-state index >= 15 is 0 Å². The third-order valence-corrected chi connectivity index (χ3v) is 7.82. The molecule has 0 aliphatic heterocycles. The van der Waals surface area contributed by atoms with E-state index in [1.807, 2.05) is 24.3 Å². The molecule has 1 N–H and O–H groups in total. The van der Waals surface area contributed by atoms with E-state index in [4.69, 9.17) is 4.74 Å². The SMILES string of the molecule is CCOC(=O)c1c(NC(=O)Cc2ccc(S(=O)(=O)C(C)C)cc2)sc2ccccc12. The zero-order valence-electron chi connectivity index (χ0n) is 17.0. The fourth-order valence-corrected chi connectivity index (χ4v) is 5.13. The second-order valence-electron chi connectivity index (χ2n) is 6.99. The Morgan fingerprint density at radius 1 is 1.07 bits per heavy atom. The summed E-state index contributed by atoms with van der Waals surface area (Å²) in [4.78, 5) is 25.3. The molecule has 8 heteroatoms. The van der Waals surface area contributed by atoms with E-state index in [0.29, 0.717) is 16.1 Å². The Morgan fingerprint density at radius 2 is 1.73 bits per heavy atom. The number of ether oxygens (including phenoxy) is 1. The Hall–Kier alpha value is -2.71. The van der Waals surface area contributed by atoms with Gasteiger partial charge in [0.1, 0.15) is 10.6 Å². The number of amides is 1. The van der Waals surface area contributed by atoms with Crippen molar-refractivity contribution in [2.45, 2.75) is 37.3 Å². The molecule has 0 radical (unpaired) electrons. The second-order valence-corrected chi connectivity index (χ2v) is 10.5. The van der Waals surface area contributed by atoms with Crippen LogP contribution in [-0.2, 0) is 25.8 Å². The summed E-state index contributed by atoms with van der Waals surface area (Å²) in [5.74, 6) is -0.778. The molecule has 30 heavy (non-hydrogen) atoms. The summed E-state index contributed by atoms with van der Waals surface area (Å²) in [6.07, 6.45) is 0.0541. The Labute approximate surface area is 179 Å². The van der Waals surface area contributed by atoms with Crippen LogP contribution in [0.2, 0.25) is 0 Å². The number of carbonyl (C=O) groups excluding carboxylic acids is 2. The van der Waals surface area contributed by atoms with Gasteiger partial charge < -0.3 is 10.1 Å². The molecule has 0 bridgehead atoms. The number of nitrogens with one attached hydrogen (secondary N) is 1. The first-order valence-electron chi connectivity index (χ1n) is 9.55. The minimum absolute atomic E-state index is 0.0541. The van der Waals surface area contributed by atoms with Crippen LogP contribution in [0.3, 0.4) is 0 Å². The summed E-state index contributed by atoms with van der Waals surface area (Å²) in [5.41, 5.74) is 1.03. The smallest absolute Gasteiger partial charge is 0.341 e. The zero-order valence-corrected chi connectivity index (χ0v) is 18.6. The lowest BCUT2D eigenvalue weighted by atomic mass is 10.1. The zero-order chi connectivity index (χ0) is 21.9. The van der Waals surface area contributed by atoms with Gasteiger partial charge in [0.2, 0.25) is 5.91 Å². The molecular formula is C22H23NO5S2. The summed E-state index contributed by atoms with van der Waals surface area (Å²) < 4.78 is 30.5. The molecule has 158 valence electrons. The van der Waals surface area contributed by atoms with Crippen molar-refractivity contribution in [3.63, 3.8) is 0 Å². The third kappa shape index (κ3) is 4.55. The van der Waals surface area contributed by atoms with E-state index in [1.54, 1.807) is 32.9 Å². The van der Waals surface area contributed by atoms with Crippen LogP contribution < -0.4 is 5.32 Å². The molecule has 0 saturated heterocycles. The molecule has 1 heterocycles. The predicted octanol–water partition coefficient (Wildman–Crippen LogP) is 4.44. The quantitative estimate of drug-likeness (QED) is 0.543. The Morgan fingerprint density at radius 3 is 2.37 bits per heavy atom. The van der Waals surface area contributed by atoms with Gasteiger partial charge in [-0.15, -0.1) is 11.3 Å². The monoisotopic (exact) mass is 445 g/mol. The van der Waals surface area contributed by atoms with E-state index in [0.717, 1.165) is 10.1 Å². The van der Waals surface area contributed by atoms with Gasteiger partial charge >= 0.3 is 5.97 Å². The van der Waals surface area contributed by atoms with E-state index in [1.165, 1.54) is 23.5 Å². The highest BCUT2D eigenvalue weighted by molar-refractivity contribution is 7.92. The van der Waals surface area contributed by atoms with Crippen molar-refractivity contribution in [3.05, 3.63) is 59.7 Å². The molecule has 0 spiro atoms. The van der Waals surface area contributed by atoms with E-state index in [-0.39, 0.29) is 23.8 Å². The number of benzene rings is 2. The van der Waals surface area contributed by atoms with Crippen molar-refractivity contribution >= 4 is 48.1 Å². The minimum atomic E-state index is -3.36. The van der Waals surface area contributed by atoms with Crippen molar-refractivity contribution < 1.29 is 22.7 Å². The van der Waals surface area contributed by atoms with Crippen molar-refractivity contribution in [2.24, 2.45) is 0 Å². The number of sulfone groups is 1. The molecule has 0 fully saturated rings. The molecule has 1 aromatic heterocycles. The van der Waals surface area contributed by atoms with Crippen molar-refractivity contribution in [3.8, 4) is 0 Å². The van der Waals surface area contributed by atoms with Gasteiger partial charge in [-0.3, -0.25) is 4.79 Å². The largest absolute Gasteiger partial charge is 0.462 e. The Bertz CT molecular complexity index is 1180. The Balaban J connectivity index is 1.81. The number of carbonyl (C=O) groups is 2. The number of anilines is 1. The average molecular weight is 446 g/mol. The Kier molecular flexibility index (Phi) is 6.58. The van der Waals surface area contributed by atoms with Crippen LogP contribution in [-0.4, -0.2) is 32.2 Å². The number of hydrogen-bond donors (Lipinski definition) is 1. The summed E-state index contributed by atoms with van der Waals surface area (Å²) >= 11 is 1.31. The van der Waals surface area contributed by atoms with Crippen molar-refractivity contribution in [2.75, 3.05) is 11.9 Å². The number of fused-ring (bicyclic) bond motifs is 1. The minimum Gasteiger partial charge on any atom is -0.462 e. The maximum atomic E-state index is 12.6. The van der Waals surface area contributed by atoms with Crippen molar-refractivity contribution in [1.82, 2.24) is 0 Å². The predicted molar refractivity (Wildman–Crippen MR) is 119 cm³/mol. The number of thiophene rings is 1. The van der Waals surface area contributed by atoms with E-state index < -0.39 is 21.1 Å².